The number of ether oxygens (including phenoxy) is 3. The van der Waals surface area contributed by atoms with Crippen molar-refractivity contribution >= 4 is 22.6 Å². The number of benzene rings is 3. The highest BCUT2D eigenvalue weighted by Gasteiger charge is 2.20. The van der Waals surface area contributed by atoms with Crippen LogP contribution in [0.4, 0.5) is 5.13 Å². The summed E-state index contributed by atoms with van der Waals surface area (Å²) in [6, 6.07) is 23.8. The van der Waals surface area contributed by atoms with Crippen LogP contribution in [0.25, 0.3) is 0 Å². The number of carbonyl (C=O) groups excluding carboxylic acids is 1. The predicted octanol–water partition coefficient (Wildman–Crippen LogP) is 4.86. The zero-order valence-electron chi connectivity index (χ0n) is 22.8. The summed E-state index contributed by atoms with van der Waals surface area (Å²) < 4.78 is 20.7. The van der Waals surface area contributed by atoms with E-state index < -0.39 is 0 Å². The van der Waals surface area contributed by atoms with Crippen molar-refractivity contribution in [2.45, 2.75) is 19.4 Å². The highest BCUT2D eigenvalue weighted by Crippen LogP contribution is 2.28. The van der Waals surface area contributed by atoms with Gasteiger partial charge in [0.25, 0.3) is 0 Å². The molecular weight excluding hydrogens is 512 g/mol. The average molecular weight is 547 g/mol. The van der Waals surface area contributed by atoms with E-state index in [0.717, 1.165) is 33.4 Å². The molecule has 0 aliphatic heterocycles. The Morgan fingerprint density at radius 2 is 1.62 bits per heavy atom. The molecule has 4 aromatic rings. The number of likely N-dealkylation sites (N-methyl/N-ethyl adjacent to an activating group) is 1. The first-order valence-corrected chi connectivity index (χ1v) is 13.5. The maximum absolute atomic E-state index is 13.3. The second-order valence-corrected chi connectivity index (χ2v) is 9.85. The molecule has 0 fully saturated rings. The number of nitrogens with zero attached hydrogens (tertiary/aromatic N) is 4. The van der Waals surface area contributed by atoms with Crippen LogP contribution < -0.4 is 19.1 Å². The molecule has 0 saturated heterocycles. The molecule has 0 aliphatic rings. The van der Waals surface area contributed by atoms with Crippen molar-refractivity contribution in [2.75, 3.05) is 46.4 Å². The fourth-order valence-corrected chi connectivity index (χ4v) is 4.83. The molecule has 0 saturated carbocycles. The number of anilines is 1. The third-order valence-corrected chi connectivity index (χ3v) is 7.19. The first-order valence-electron chi connectivity index (χ1n) is 12.7. The zero-order chi connectivity index (χ0) is 27.6. The molecule has 39 heavy (non-hydrogen) atoms. The van der Waals surface area contributed by atoms with Crippen molar-refractivity contribution in [3.05, 3.63) is 95.3 Å². The second-order valence-electron chi connectivity index (χ2n) is 9.12. The van der Waals surface area contributed by atoms with Gasteiger partial charge in [-0.25, -0.2) is 4.98 Å². The minimum atomic E-state index is 0.0101. The molecule has 204 valence electrons. The summed E-state index contributed by atoms with van der Waals surface area (Å²) in [5.41, 5.74) is 3.24. The smallest absolute Gasteiger partial charge is 0.241 e. The lowest BCUT2D eigenvalue weighted by molar-refractivity contribution is -0.128. The Labute approximate surface area is 233 Å². The molecule has 0 aliphatic carbocycles. The molecule has 0 atom stereocenters. The fourth-order valence-electron chi connectivity index (χ4n) is 4.15. The van der Waals surface area contributed by atoms with E-state index in [1.54, 1.807) is 26.2 Å². The van der Waals surface area contributed by atoms with E-state index in [2.05, 4.69) is 16.5 Å². The largest absolute Gasteiger partial charge is 0.497 e. The van der Waals surface area contributed by atoms with E-state index in [1.807, 2.05) is 72.6 Å². The normalized spacial score (nSPS) is 10.7. The van der Waals surface area contributed by atoms with Gasteiger partial charge in [0.1, 0.15) is 11.6 Å². The standard InChI is InChI=1S/C30H34N4O4S/c1-33(16-15-22-13-14-26(37-3)27(18-22)38-4)29(35)21-34(20-23-9-6-5-7-10-23)30-31-28(32-39-30)19-24-11-8-12-25(17-24)36-2/h5-14,17-18H,15-16,19-21H2,1-4H3. The van der Waals surface area contributed by atoms with E-state index in [4.69, 9.17) is 19.2 Å². The maximum atomic E-state index is 13.3. The summed E-state index contributed by atoms with van der Waals surface area (Å²) in [5.74, 6) is 2.89. The Kier molecular flexibility index (Phi) is 9.74. The van der Waals surface area contributed by atoms with Crippen LogP contribution in [0.15, 0.2) is 72.8 Å². The predicted molar refractivity (Wildman–Crippen MR) is 154 cm³/mol. The molecule has 4 rings (SSSR count). The zero-order valence-corrected chi connectivity index (χ0v) is 23.6. The van der Waals surface area contributed by atoms with Gasteiger partial charge in [-0.05, 0) is 47.4 Å². The summed E-state index contributed by atoms with van der Waals surface area (Å²) in [7, 11) is 6.72. The second kappa shape index (κ2) is 13.6. The number of methoxy groups -OCH3 is 3. The highest BCUT2D eigenvalue weighted by molar-refractivity contribution is 7.09. The Bertz CT molecular complexity index is 1360. The third-order valence-electron chi connectivity index (χ3n) is 6.38. The summed E-state index contributed by atoms with van der Waals surface area (Å²) in [5, 5.41) is 0.721. The molecule has 0 bridgehead atoms. The van der Waals surface area contributed by atoms with Crippen LogP contribution >= 0.6 is 11.5 Å². The summed E-state index contributed by atoms with van der Waals surface area (Å²) in [4.78, 5) is 21.9. The van der Waals surface area contributed by atoms with Crippen molar-refractivity contribution in [3.63, 3.8) is 0 Å². The molecule has 8 nitrogen and oxygen atoms in total. The van der Waals surface area contributed by atoms with Crippen LogP contribution in [0.1, 0.15) is 22.5 Å². The molecule has 0 N–H and O–H groups in total. The summed E-state index contributed by atoms with van der Waals surface area (Å²) >= 11 is 1.31. The van der Waals surface area contributed by atoms with Crippen LogP contribution in [-0.4, -0.2) is 61.6 Å². The number of rotatable bonds is 13. The van der Waals surface area contributed by atoms with Gasteiger partial charge >= 0.3 is 0 Å². The first kappa shape index (κ1) is 27.9. The molecule has 1 heterocycles. The number of hydrogen-bond donors (Lipinski definition) is 0. The number of hydrogen-bond acceptors (Lipinski definition) is 8. The summed E-state index contributed by atoms with van der Waals surface area (Å²) in [6.45, 7) is 1.33. The summed E-state index contributed by atoms with van der Waals surface area (Å²) in [6.07, 6.45) is 1.29. The van der Waals surface area contributed by atoms with Gasteiger partial charge in [0, 0.05) is 38.1 Å². The van der Waals surface area contributed by atoms with Crippen LogP contribution in [0.3, 0.4) is 0 Å². The topological polar surface area (TPSA) is 77.0 Å². The molecule has 0 spiro atoms. The number of carbonyl (C=O) groups is 1. The Balaban J connectivity index is 1.44. The molecule has 0 radical (unpaired) electrons. The van der Waals surface area contributed by atoms with Gasteiger partial charge in [-0.15, -0.1) is 0 Å². The van der Waals surface area contributed by atoms with Crippen LogP contribution in [0.2, 0.25) is 0 Å². The van der Waals surface area contributed by atoms with E-state index in [1.165, 1.54) is 11.5 Å². The molecule has 3 aromatic carbocycles. The number of aromatic nitrogens is 2. The van der Waals surface area contributed by atoms with Crippen molar-refractivity contribution in [1.29, 1.82) is 0 Å². The molecule has 9 heteroatoms. The van der Waals surface area contributed by atoms with Gasteiger partial charge in [0.2, 0.25) is 11.0 Å². The van der Waals surface area contributed by atoms with Gasteiger partial charge in [-0.2, -0.15) is 4.37 Å². The Morgan fingerprint density at radius 1 is 0.846 bits per heavy atom. The van der Waals surface area contributed by atoms with Gasteiger partial charge in [-0.1, -0.05) is 48.5 Å². The molecule has 1 aromatic heterocycles. The third kappa shape index (κ3) is 7.70. The lowest BCUT2D eigenvalue weighted by Crippen LogP contribution is -2.39. The van der Waals surface area contributed by atoms with E-state index in [-0.39, 0.29) is 12.5 Å². The Hall–Kier alpha value is -4.11. The van der Waals surface area contributed by atoms with Crippen molar-refractivity contribution in [2.24, 2.45) is 0 Å². The average Bonchev–Trinajstić information content (AvgIpc) is 3.44. The minimum Gasteiger partial charge on any atom is -0.497 e. The van der Waals surface area contributed by atoms with Crippen LogP contribution in [0, 0.1) is 0 Å². The van der Waals surface area contributed by atoms with E-state index in [0.29, 0.717) is 37.4 Å². The van der Waals surface area contributed by atoms with Gasteiger partial charge in [0.15, 0.2) is 11.5 Å². The SMILES string of the molecule is COc1cccc(Cc2nsc(N(CC(=O)N(C)CCc3ccc(OC)c(OC)c3)Cc3ccccc3)n2)c1. The number of amides is 1. The Morgan fingerprint density at radius 3 is 2.36 bits per heavy atom. The molecular formula is C30H34N4O4S. The monoisotopic (exact) mass is 546 g/mol. The highest BCUT2D eigenvalue weighted by atomic mass is 32.1. The quantitative estimate of drug-likeness (QED) is 0.237. The maximum Gasteiger partial charge on any atom is 0.241 e. The van der Waals surface area contributed by atoms with Crippen molar-refractivity contribution in [3.8, 4) is 17.2 Å². The van der Waals surface area contributed by atoms with Gasteiger partial charge < -0.3 is 24.0 Å². The van der Waals surface area contributed by atoms with Crippen molar-refractivity contribution in [1.82, 2.24) is 14.3 Å². The van der Waals surface area contributed by atoms with Gasteiger partial charge in [-0.3, -0.25) is 4.79 Å². The fraction of sp³-hybridized carbons (Fsp3) is 0.300. The van der Waals surface area contributed by atoms with E-state index in [9.17, 15) is 4.79 Å². The molecule has 1 amide bonds. The van der Waals surface area contributed by atoms with E-state index >= 15 is 0 Å². The first-order chi connectivity index (χ1) is 19.0. The minimum absolute atomic E-state index is 0.0101. The molecule has 0 unspecified atom stereocenters. The van der Waals surface area contributed by atoms with Crippen LogP contribution in [-0.2, 0) is 24.2 Å². The van der Waals surface area contributed by atoms with Crippen molar-refractivity contribution < 1.29 is 19.0 Å². The lowest BCUT2D eigenvalue weighted by atomic mass is 10.1. The van der Waals surface area contributed by atoms with Crippen LogP contribution in [0.5, 0.6) is 17.2 Å². The lowest BCUT2D eigenvalue weighted by Gasteiger charge is -2.25. The van der Waals surface area contributed by atoms with Gasteiger partial charge in [0.05, 0.1) is 27.9 Å².